The summed E-state index contributed by atoms with van der Waals surface area (Å²) in [4.78, 5) is 0.234. The van der Waals surface area contributed by atoms with Crippen LogP contribution in [0.15, 0.2) is 34.8 Å². The van der Waals surface area contributed by atoms with Gasteiger partial charge in [-0.25, -0.2) is 0 Å². The third-order valence-electron chi connectivity index (χ3n) is 3.37. The summed E-state index contributed by atoms with van der Waals surface area (Å²) in [5.41, 5.74) is 6.63. The number of rotatable bonds is 2. The maximum atomic E-state index is 3.88. The fraction of sp³-hybridized carbons (Fsp3) is 0.250. The van der Waals surface area contributed by atoms with Crippen molar-refractivity contribution in [2.45, 2.75) is 25.6 Å². The zero-order valence-electron chi connectivity index (χ0n) is 11.1. The van der Waals surface area contributed by atoms with Crippen LogP contribution in [0.5, 0.6) is 0 Å². The molecule has 1 atom stereocenters. The summed E-state index contributed by atoms with van der Waals surface area (Å²) in [7, 11) is 0. The average molecular weight is 494 g/mol. The van der Waals surface area contributed by atoms with E-state index in [0.717, 1.165) is 0 Å². The monoisotopic (exact) mass is 492 g/mol. The van der Waals surface area contributed by atoms with Gasteiger partial charge in [0, 0.05) is 8.04 Å². The van der Waals surface area contributed by atoms with Gasteiger partial charge in [-0.3, -0.25) is 0 Å². The molecule has 0 nitrogen and oxygen atoms in total. The molecule has 2 rings (SSSR count). The van der Waals surface area contributed by atoms with Crippen LogP contribution in [0.25, 0.3) is 0 Å². The molecule has 0 aromatic heterocycles. The van der Waals surface area contributed by atoms with Crippen molar-refractivity contribution in [3.8, 4) is 0 Å². The molecule has 2 aromatic carbocycles. The molecule has 0 heterocycles. The Hall–Kier alpha value is 0.130. The van der Waals surface area contributed by atoms with Crippen LogP contribution < -0.4 is 0 Å². The lowest BCUT2D eigenvalue weighted by atomic mass is 9.94. The summed E-state index contributed by atoms with van der Waals surface area (Å²) < 4.78 is 2.50. The smallest absolute Gasteiger partial charge is 0.0660 e. The summed E-state index contributed by atoms with van der Waals surface area (Å²) in [5.74, 6) is 0. The Balaban J connectivity index is 2.60. The number of alkyl halides is 1. The maximum Gasteiger partial charge on any atom is 0.0660 e. The highest BCUT2D eigenvalue weighted by Gasteiger charge is 2.19. The van der Waals surface area contributed by atoms with Crippen LogP contribution in [-0.2, 0) is 0 Å². The van der Waals surface area contributed by atoms with Crippen LogP contribution in [0, 0.1) is 24.3 Å². The number of halogens is 3. The molecule has 0 aliphatic carbocycles. The normalized spacial score (nSPS) is 12.5. The minimum absolute atomic E-state index is 0.234. The van der Waals surface area contributed by atoms with E-state index in [1.165, 1.54) is 35.9 Å². The third kappa shape index (κ3) is 3.08. The summed E-state index contributed by atoms with van der Waals surface area (Å²) in [6.45, 7) is 6.51. The van der Waals surface area contributed by atoms with Gasteiger partial charge in [0.15, 0.2) is 0 Å². The summed E-state index contributed by atoms with van der Waals surface area (Å²) >= 11 is 9.98. The zero-order valence-corrected chi connectivity index (χ0v) is 16.4. The summed E-state index contributed by atoms with van der Waals surface area (Å²) in [5, 5.41) is 0. The molecule has 0 radical (unpaired) electrons. The Kier molecular flexibility index (Phi) is 5.12. The highest BCUT2D eigenvalue weighted by molar-refractivity contribution is 14.1. The van der Waals surface area contributed by atoms with Gasteiger partial charge in [-0.05, 0) is 77.2 Å². The molecule has 0 aliphatic heterocycles. The molecule has 100 valence electrons. The summed E-state index contributed by atoms with van der Waals surface area (Å²) in [6.07, 6.45) is 0. The molecule has 1 unspecified atom stereocenters. The number of hydrogen-bond acceptors (Lipinski definition) is 0. The molecular formula is C16H15Br2I. The first kappa shape index (κ1) is 15.5. The van der Waals surface area contributed by atoms with E-state index >= 15 is 0 Å². The first-order chi connectivity index (χ1) is 8.93. The van der Waals surface area contributed by atoms with Gasteiger partial charge in [-0.1, -0.05) is 56.1 Å². The van der Waals surface area contributed by atoms with E-state index in [1.54, 1.807) is 0 Å². The molecular weight excluding hydrogens is 479 g/mol. The van der Waals surface area contributed by atoms with Crippen molar-refractivity contribution >= 4 is 54.5 Å². The SMILES string of the molecule is Cc1cc(C)c(C(Br)c2ccccc2I)c(C)c1Br. The predicted molar refractivity (Wildman–Crippen MR) is 98.3 cm³/mol. The van der Waals surface area contributed by atoms with Gasteiger partial charge < -0.3 is 0 Å². The van der Waals surface area contributed by atoms with E-state index in [2.05, 4.69) is 106 Å². The fourth-order valence-electron chi connectivity index (χ4n) is 2.40. The second kappa shape index (κ2) is 6.27. The van der Waals surface area contributed by atoms with Gasteiger partial charge in [0.1, 0.15) is 0 Å². The van der Waals surface area contributed by atoms with Crippen LogP contribution in [0.4, 0.5) is 0 Å². The van der Waals surface area contributed by atoms with E-state index in [1.807, 2.05) is 0 Å². The molecule has 0 N–H and O–H groups in total. The molecule has 0 saturated carbocycles. The molecule has 0 aliphatic rings. The second-order valence-electron chi connectivity index (χ2n) is 4.75. The van der Waals surface area contributed by atoms with E-state index in [-0.39, 0.29) is 4.83 Å². The lowest BCUT2D eigenvalue weighted by molar-refractivity contribution is 1.08. The Morgan fingerprint density at radius 2 is 1.68 bits per heavy atom. The molecule has 3 heteroatoms. The Bertz CT molecular complexity index is 620. The van der Waals surface area contributed by atoms with Crippen LogP contribution >= 0.6 is 54.5 Å². The standard InChI is InChI=1S/C16H15Br2I/c1-9-8-10(2)15(17)11(3)14(9)16(18)12-6-4-5-7-13(12)19/h4-8,16H,1-3H3. The van der Waals surface area contributed by atoms with Gasteiger partial charge in [0.05, 0.1) is 4.83 Å². The Morgan fingerprint density at radius 3 is 2.32 bits per heavy atom. The minimum atomic E-state index is 0.234. The fourth-order valence-corrected chi connectivity index (χ4v) is 4.96. The van der Waals surface area contributed by atoms with Crippen molar-refractivity contribution in [3.05, 3.63) is 66.2 Å². The van der Waals surface area contributed by atoms with Crippen molar-refractivity contribution in [1.82, 2.24) is 0 Å². The summed E-state index contributed by atoms with van der Waals surface area (Å²) in [6, 6.07) is 10.8. The van der Waals surface area contributed by atoms with Crippen molar-refractivity contribution < 1.29 is 0 Å². The molecule has 0 saturated heterocycles. The topological polar surface area (TPSA) is 0 Å². The van der Waals surface area contributed by atoms with E-state index < -0.39 is 0 Å². The first-order valence-electron chi connectivity index (χ1n) is 6.08. The van der Waals surface area contributed by atoms with Crippen LogP contribution in [0.3, 0.4) is 0 Å². The largest absolute Gasteiger partial charge is 0.0786 e. The number of benzene rings is 2. The molecule has 2 aromatic rings. The number of aryl methyl sites for hydroxylation is 2. The minimum Gasteiger partial charge on any atom is -0.0786 e. The zero-order chi connectivity index (χ0) is 14.2. The van der Waals surface area contributed by atoms with E-state index in [0.29, 0.717) is 0 Å². The second-order valence-corrected chi connectivity index (χ2v) is 7.62. The number of hydrogen-bond donors (Lipinski definition) is 0. The van der Waals surface area contributed by atoms with Crippen molar-refractivity contribution in [2.75, 3.05) is 0 Å². The molecule has 0 bridgehead atoms. The van der Waals surface area contributed by atoms with Gasteiger partial charge in [-0.2, -0.15) is 0 Å². The van der Waals surface area contributed by atoms with Gasteiger partial charge in [0.25, 0.3) is 0 Å². The highest BCUT2D eigenvalue weighted by Crippen LogP contribution is 2.40. The molecule has 0 spiro atoms. The highest BCUT2D eigenvalue weighted by atomic mass is 127. The Morgan fingerprint density at radius 1 is 1.05 bits per heavy atom. The van der Waals surface area contributed by atoms with Crippen LogP contribution in [0.2, 0.25) is 0 Å². The van der Waals surface area contributed by atoms with Crippen molar-refractivity contribution in [1.29, 1.82) is 0 Å². The van der Waals surface area contributed by atoms with Gasteiger partial charge in [0.2, 0.25) is 0 Å². The third-order valence-corrected chi connectivity index (χ3v) is 6.52. The molecule has 0 amide bonds. The van der Waals surface area contributed by atoms with Crippen molar-refractivity contribution in [2.24, 2.45) is 0 Å². The van der Waals surface area contributed by atoms with Gasteiger partial charge in [-0.15, -0.1) is 0 Å². The van der Waals surface area contributed by atoms with Gasteiger partial charge >= 0.3 is 0 Å². The van der Waals surface area contributed by atoms with E-state index in [9.17, 15) is 0 Å². The van der Waals surface area contributed by atoms with Crippen LogP contribution in [0.1, 0.15) is 32.6 Å². The first-order valence-corrected chi connectivity index (χ1v) is 8.87. The maximum absolute atomic E-state index is 3.88. The average Bonchev–Trinajstić information content (AvgIpc) is 2.36. The lowest BCUT2D eigenvalue weighted by Gasteiger charge is -2.20. The van der Waals surface area contributed by atoms with E-state index in [4.69, 9.17) is 0 Å². The Labute approximate surface area is 145 Å². The van der Waals surface area contributed by atoms with Crippen molar-refractivity contribution in [3.63, 3.8) is 0 Å². The lowest BCUT2D eigenvalue weighted by Crippen LogP contribution is -2.03. The quantitative estimate of drug-likeness (QED) is 0.332. The molecule has 19 heavy (non-hydrogen) atoms. The predicted octanol–water partition coefficient (Wildman–Crippen LogP) is 6.46. The van der Waals surface area contributed by atoms with Crippen LogP contribution in [-0.4, -0.2) is 0 Å². The molecule has 0 fully saturated rings.